The first-order valence-electron chi connectivity index (χ1n) is 5.31. The van der Waals surface area contributed by atoms with E-state index in [0.717, 1.165) is 6.42 Å². The van der Waals surface area contributed by atoms with E-state index in [2.05, 4.69) is 4.98 Å². The molecule has 4 heteroatoms. The van der Waals surface area contributed by atoms with E-state index < -0.39 is 5.56 Å². The molecule has 2 rings (SSSR count). The van der Waals surface area contributed by atoms with Crippen LogP contribution < -0.4 is 5.56 Å². The number of aromatic hydroxyl groups is 1. The molecule has 1 heterocycles. The fourth-order valence-corrected chi connectivity index (χ4v) is 1.87. The fourth-order valence-electron chi connectivity index (χ4n) is 1.63. The molecule has 0 radical (unpaired) electrons. The van der Waals surface area contributed by atoms with E-state index in [0.29, 0.717) is 17.1 Å². The van der Waals surface area contributed by atoms with Crippen molar-refractivity contribution in [2.24, 2.45) is 0 Å². The maximum Gasteiger partial charge on any atom is 0.290 e. The highest BCUT2D eigenvalue weighted by molar-refractivity contribution is 6.31. The second-order valence-electron chi connectivity index (χ2n) is 3.80. The lowest BCUT2D eigenvalue weighted by Gasteiger charge is -2.04. The number of nitrogens with one attached hydrogen (secondary N) is 1. The molecular formula is C13H12ClNO2. The van der Waals surface area contributed by atoms with Crippen LogP contribution in [0.15, 0.2) is 41.2 Å². The van der Waals surface area contributed by atoms with Gasteiger partial charge in [-0.3, -0.25) is 4.79 Å². The first-order chi connectivity index (χ1) is 8.16. The first-order valence-corrected chi connectivity index (χ1v) is 5.69. The lowest BCUT2D eigenvalue weighted by Crippen LogP contribution is -2.09. The third-order valence-corrected chi connectivity index (χ3v) is 2.89. The molecule has 3 nitrogen and oxygen atoms in total. The van der Waals surface area contributed by atoms with Crippen LogP contribution in [0.3, 0.4) is 0 Å². The third-order valence-electron chi connectivity index (χ3n) is 2.56. The Morgan fingerprint density at radius 2 is 1.88 bits per heavy atom. The summed E-state index contributed by atoms with van der Waals surface area (Å²) in [5.74, 6) is -0.349. The maximum absolute atomic E-state index is 11.2. The number of aromatic nitrogens is 1. The van der Waals surface area contributed by atoms with Crippen LogP contribution in [0.2, 0.25) is 5.02 Å². The van der Waals surface area contributed by atoms with Crippen molar-refractivity contribution < 1.29 is 5.11 Å². The summed E-state index contributed by atoms with van der Waals surface area (Å²) in [5, 5.41) is 9.57. The van der Waals surface area contributed by atoms with Crippen molar-refractivity contribution in [3.63, 3.8) is 0 Å². The van der Waals surface area contributed by atoms with Gasteiger partial charge in [0, 0.05) is 11.8 Å². The third kappa shape index (κ3) is 2.88. The van der Waals surface area contributed by atoms with Gasteiger partial charge in [0.2, 0.25) is 0 Å². The van der Waals surface area contributed by atoms with Crippen molar-refractivity contribution in [1.82, 2.24) is 4.98 Å². The molecule has 0 aliphatic carbocycles. The second kappa shape index (κ2) is 5.06. The Balaban J connectivity index is 2.15. The van der Waals surface area contributed by atoms with E-state index in [1.54, 1.807) is 0 Å². The predicted molar refractivity (Wildman–Crippen MR) is 67.6 cm³/mol. The Hall–Kier alpha value is -1.74. The Kier molecular flexibility index (Phi) is 3.49. The maximum atomic E-state index is 11.2. The molecule has 88 valence electrons. The molecular weight excluding hydrogens is 238 g/mol. The summed E-state index contributed by atoms with van der Waals surface area (Å²) in [4.78, 5) is 13.8. The highest BCUT2D eigenvalue weighted by atomic mass is 35.5. The molecule has 2 N–H and O–H groups in total. The van der Waals surface area contributed by atoms with Crippen molar-refractivity contribution in [2.75, 3.05) is 0 Å². The van der Waals surface area contributed by atoms with Crippen LogP contribution in [-0.4, -0.2) is 10.1 Å². The van der Waals surface area contributed by atoms with Gasteiger partial charge in [0.05, 0.1) is 5.02 Å². The molecule has 1 aromatic heterocycles. The summed E-state index contributed by atoms with van der Waals surface area (Å²) in [6.07, 6.45) is 1.43. The molecule has 0 bridgehead atoms. The molecule has 0 atom stereocenters. The van der Waals surface area contributed by atoms with Crippen LogP contribution in [0, 0.1) is 0 Å². The van der Waals surface area contributed by atoms with Gasteiger partial charge in [-0.05, 0) is 18.4 Å². The van der Waals surface area contributed by atoms with Gasteiger partial charge < -0.3 is 10.1 Å². The van der Waals surface area contributed by atoms with Crippen molar-refractivity contribution in [2.45, 2.75) is 12.8 Å². The number of H-pyrrole nitrogens is 1. The average molecular weight is 250 g/mol. The largest absolute Gasteiger partial charge is 0.503 e. The number of aromatic amines is 1. The molecule has 2 aromatic rings. The smallest absolute Gasteiger partial charge is 0.290 e. The molecule has 17 heavy (non-hydrogen) atoms. The van der Waals surface area contributed by atoms with Gasteiger partial charge in [0.1, 0.15) is 0 Å². The normalized spacial score (nSPS) is 10.4. The fraction of sp³-hybridized carbons (Fsp3) is 0.154. The van der Waals surface area contributed by atoms with Crippen LogP contribution in [0.25, 0.3) is 0 Å². The SMILES string of the molecule is O=c1[nH]c(CCc2ccccc2)c(Cl)cc1O. The van der Waals surface area contributed by atoms with E-state index in [-0.39, 0.29) is 5.75 Å². The molecule has 0 fully saturated rings. The van der Waals surface area contributed by atoms with E-state index in [9.17, 15) is 9.90 Å². The van der Waals surface area contributed by atoms with Gasteiger partial charge >= 0.3 is 0 Å². The average Bonchev–Trinajstić information content (AvgIpc) is 2.33. The second-order valence-corrected chi connectivity index (χ2v) is 4.20. The molecule has 0 unspecified atom stereocenters. The summed E-state index contributed by atoms with van der Waals surface area (Å²) >= 11 is 5.94. The van der Waals surface area contributed by atoms with Crippen molar-refractivity contribution >= 4 is 11.6 Å². The standard InChI is InChI=1S/C13H12ClNO2/c14-10-8-12(16)13(17)15-11(10)7-6-9-4-2-1-3-5-9/h1-5,8,16H,6-7H2,(H,15,17). The Morgan fingerprint density at radius 3 is 2.59 bits per heavy atom. The lowest BCUT2D eigenvalue weighted by atomic mass is 10.1. The quantitative estimate of drug-likeness (QED) is 0.878. The van der Waals surface area contributed by atoms with Crippen molar-refractivity contribution in [1.29, 1.82) is 0 Å². The zero-order valence-electron chi connectivity index (χ0n) is 9.11. The highest BCUT2D eigenvalue weighted by Gasteiger charge is 2.06. The van der Waals surface area contributed by atoms with Gasteiger partial charge in [-0.15, -0.1) is 0 Å². The zero-order valence-corrected chi connectivity index (χ0v) is 9.87. The van der Waals surface area contributed by atoms with Crippen LogP contribution >= 0.6 is 11.6 Å². The minimum Gasteiger partial charge on any atom is -0.503 e. The Labute approximate surface area is 104 Å². The molecule has 0 saturated carbocycles. The lowest BCUT2D eigenvalue weighted by molar-refractivity contribution is 0.466. The van der Waals surface area contributed by atoms with Crippen molar-refractivity contribution in [3.05, 3.63) is 63.0 Å². The minimum atomic E-state index is -0.502. The number of aryl methyl sites for hydroxylation is 2. The zero-order chi connectivity index (χ0) is 12.3. The predicted octanol–water partition coefficient (Wildman–Crippen LogP) is 2.52. The summed E-state index contributed by atoms with van der Waals surface area (Å²) in [5.41, 5.74) is 1.33. The minimum absolute atomic E-state index is 0.349. The van der Waals surface area contributed by atoms with Crippen LogP contribution in [0.4, 0.5) is 0 Å². The van der Waals surface area contributed by atoms with Crippen molar-refractivity contribution in [3.8, 4) is 5.75 Å². The summed E-state index contributed by atoms with van der Waals surface area (Å²) < 4.78 is 0. The number of benzene rings is 1. The summed E-state index contributed by atoms with van der Waals surface area (Å²) in [6.45, 7) is 0. The number of halogens is 1. The number of hydrogen-bond acceptors (Lipinski definition) is 2. The Bertz CT molecular complexity index is 563. The number of pyridine rings is 1. The van der Waals surface area contributed by atoms with E-state index in [1.807, 2.05) is 30.3 Å². The topological polar surface area (TPSA) is 53.1 Å². The van der Waals surface area contributed by atoms with Gasteiger partial charge in [-0.25, -0.2) is 0 Å². The molecule has 0 amide bonds. The van der Waals surface area contributed by atoms with Gasteiger partial charge in [0.15, 0.2) is 5.75 Å². The molecule has 0 spiro atoms. The van der Waals surface area contributed by atoms with Crippen LogP contribution in [0.1, 0.15) is 11.3 Å². The summed E-state index contributed by atoms with van der Waals surface area (Å²) in [7, 11) is 0. The Morgan fingerprint density at radius 1 is 1.18 bits per heavy atom. The molecule has 0 aliphatic rings. The van der Waals surface area contributed by atoms with E-state index in [1.165, 1.54) is 11.6 Å². The van der Waals surface area contributed by atoms with E-state index in [4.69, 9.17) is 11.6 Å². The van der Waals surface area contributed by atoms with Crippen LogP contribution in [0.5, 0.6) is 5.75 Å². The molecule has 0 saturated heterocycles. The molecule has 0 aliphatic heterocycles. The van der Waals surface area contributed by atoms with Crippen LogP contribution in [-0.2, 0) is 12.8 Å². The number of hydrogen-bond donors (Lipinski definition) is 2. The first kappa shape index (κ1) is 11.7. The molecule has 1 aromatic carbocycles. The van der Waals surface area contributed by atoms with Gasteiger partial charge in [0.25, 0.3) is 5.56 Å². The van der Waals surface area contributed by atoms with Gasteiger partial charge in [-0.1, -0.05) is 41.9 Å². The van der Waals surface area contributed by atoms with E-state index >= 15 is 0 Å². The monoisotopic (exact) mass is 249 g/mol. The highest BCUT2D eigenvalue weighted by Crippen LogP contribution is 2.17. The van der Waals surface area contributed by atoms with Gasteiger partial charge in [-0.2, -0.15) is 0 Å². The summed E-state index contributed by atoms with van der Waals surface area (Å²) in [6, 6.07) is 11.2. The number of rotatable bonds is 3.